The maximum Gasteiger partial charge on any atom is 0.306 e. The molecule has 0 aliphatic heterocycles. The van der Waals surface area contributed by atoms with Gasteiger partial charge in [-0.15, -0.1) is 0 Å². The van der Waals surface area contributed by atoms with Crippen molar-refractivity contribution in [2.24, 2.45) is 11.8 Å². The molecule has 4 N–H and O–H groups in total. The number of carbonyl (C=O) groups is 3. The van der Waals surface area contributed by atoms with Crippen molar-refractivity contribution < 1.29 is 29.9 Å². The Morgan fingerprint density at radius 2 is 1.79 bits per heavy atom. The van der Waals surface area contributed by atoms with Gasteiger partial charge in [-0.25, -0.2) is 5.06 Å². The number of aliphatic carboxylic acids is 1. The van der Waals surface area contributed by atoms with Gasteiger partial charge in [-0.1, -0.05) is 6.92 Å². The van der Waals surface area contributed by atoms with Gasteiger partial charge in [0.05, 0.1) is 18.0 Å². The van der Waals surface area contributed by atoms with Crippen molar-refractivity contribution in [2.75, 3.05) is 0 Å². The Bertz CT molecular complexity index is 423. The van der Waals surface area contributed by atoms with E-state index in [-0.39, 0.29) is 17.9 Å². The number of amides is 1. The monoisotopic (exact) mass is 344 g/mol. The third-order valence-electron chi connectivity index (χ3n) is 4.85. The largest absolute Gasteiger partial charge is 0.481 e. The fourth-order valence-corrected chi connectivity index (χ4v) is 3.19. The van der Waals surface area contributed by atoms with E-state index in [4.69, 9.17) is 10.3 Å². The highest BCUT2D eigenvalue weighted by molar-refractivity contribution is 5.78. The molecule has 1 aliphatic rings. The Morgan fingerprint density at radius 1 is 1.21 bits per heavy atom. The van der Waals surface area contributed by atoms with Gasteiger partial charge >= 0.3 is 5.97 Å². The zero-order valence-electron chi connectivity index (χ0n) is 14.1. The minimum absolute atomic E-state index is 0.332. The van der Waals surface area contributed by atoms with E-state index in [1.165, 1.54) is 0 Å². The highest BCUT2D eigenvalue weighted by atomic mass is 16.5. The molecule has 0 heterocycles. The molecule has 24 heavy (non-hydrogen) atoms. The topological polar surface area (TPSA) is 127 Å². The third-order valence-corrected chi connectivity index (χ3v) is 4.85. The molecule has 0 bridgehead atoms. The van der Waals surface area contributed by atoms with E-state index in [9.17, 15) is 19.6 Å². The summed E-state index contributed by atoms with van der Waals surface area (Å²) in [4.78, 5) is 34.0. The molecule has 0 saturated heterocycles. The summed E-state index contributed by atoms with van der Waals surface area (Å²) >= 11 is 0. The second kappa shape index (κ2) is 10.4. The van der Waals surface area contributed by atoms with Crippen LogP contribution < -0.4 is 5.48 Å². The highest BCUT2D eigenvalue weighted by Gasteiger charge is 2.33. The Labute approximate surface area is 141 Å². The van der Waals surface area contributed by atoms with Crippen molar-refractivity contribution in [1.29, 1.82) is 0 Å². The molecule has 1 fully saturated rings. The summed E-state index contributed by atoms with van der Waals surface area (Å²) in [5.74, 6) is -1.90. The lowest BCUT2D eigenvalue weighted by atomic mass is 9.81. The summed E-state index contributed by atoms with van der Waals surface area (Å²) in [6.07, 6.45) is 4.58. The van der Waals surface area contributed by atoms with Crippen LogP contribution in [0.1, 0.15) is 58.3 Å². The maximum absolute atomic E-state index is 12.4. The van der Waals surface area contributed by atoms with Crippen LogP contribution in [0.25, 0.3) is 0 Å². The van der Waals surface area contributed by atoms with Gasteiger partial charge in [-0.05, 0) is 51.4 Å². The van der Waals surface area contributed by atoms with Gasteiger partial charge in [-0.3, -0.25) is 14.8 Å². The molecule has 0 aromatic heterocycles. The Balaban J connectivity index is 2.47. The number of nitrogens with zero attached hydrogens (tertiary/aromatic N) is 1. The number of carboxylic acid groups (broad SMARTS) is 1. The van der Waals surface area contributed by atoms with Crippen molar-refractivity contribution in [2.45, 2.75) is 70.4 Å². The van der Waals surface area contributed by atoms with Gasteiger partial charge in [0.2, 0.25) is 5.91 Å². The van der Waals surface area contributed by atoms with Gasteiger partial charge < -0.3 is 15.1 Å². The van der Waals surface area contributed by atoms with Crippen LogP contribution >= 0.6 is 0 Å². The van der Waals surface area contributed by atoms with Crippen LogP contribution in [0, 0.1) is 11.8 Å². The predicted octanol–water partition coefficient (Wildman–Crippen LogP) is 1.59. The Morgan fingerprint density at radius 3 is 2.25 bits per heavy atom. The molecule has 2 unspecified atom stereocenters. The second-order valence-corrected chi connectivity index (χ2v) is 6.43. The molecule has 0 spiro atoms. The fourth-order valence-electron chi connectivity index (χ4n) is 3.19. The van der Waals surface area contributed by atoms with Gasteiger partial charge in [0, 0.05) is 5.92 Å². The summed E-state index contributed by atoms with van der Waals surface area (Å²) in [5, 5.41) is 28.7. The lowest BCUT2D eigenvalue weighted by Gasteiger charge is -2.31. The first-order chi connectivity index (χ1) is 11.4. The maximum atomic E-state index is 12.4. The minimum Gasteiger partial charge on any atom is -0.481 e. The lowest BCUT2D eigenvalue weighted by Crippen LogP contribution is -2.42. The summed E-state index contributed by atoms with van der Waals surface area (Å²) in [6.45, 7) is 1.87. The number of aldehydes is 1. The zero-order chi connectivity index (χ0) is 18.1. The van der Waals surface area contributed by atoms with Crippen LogP contribution in [0.2, 0.25) is 0 Å². The molecule has 0 aromatic rings. The number of carboxylic acids is 1. The van der Waals surface area contributed by atoms with Crippen LogP contribution in [0.15, 0.2) is 0 Å². The van der Waals surface area contributed by atoms with Crippen molar-refractivity contribution in [1.82, 2.24) is 10.5 Å². The predicted molar refractivity (Wildman–Crippen MR) is 84.4 cm³/mol. The lowest BCUT2D eigenvalue weighted by molar-refractivity contribution is -0.183. The average Bonchev–Trinajstić information content (AvgIpc) is 2.61. The molecule has 2 atom stereocenters. The van der Waals surface area contributed by atoms with Crippen LogP contribution in [-0.4, -0.2) is 50.8 Å². The number of rotatable bonds is 10. The molecule has 1 amide bonds. The van der Waals surface area contributed by atoms with E-state index >= 15 is 0 Å². The SMILES string of the molecule is CCC(CCCC(C=O)NO)N(O)C(=O)C1CCC(C(=O)O)CC1. The standard InChI is InChI=1S/C16H28N2O6/c1-2-14(5-3-4-13(10-19)17-23)18(24)15(20)11-6-8-12(9-7-11)16(21)22/h10-14,17,23-24H,2-9H2,1H3,(H,21,22). The summed E-state index contributed by atoms with van der Waals surface area (Å²) in [5.41, 5.74) is 1.90. The van der Waals surface area contributed by atoms with Crippen molar-refractivity contribution in [3.63, 3.8) is 0 Å². The Kier molecular flexibility index (Phi) is 8.88. The molecule has 1 aliphatic carbocycles. The average molecular weight is 344 g/mol. The molecule has 8 heteroatoms. The summed E-state index contributed by atoms with van der Waals surface area (Å²) in [7, 11) is 0. The van der Waals surface area contributed by atoms with E-state index in [0.717, 1.165) is 5.06 Å². The molecule has 0 radical (unpaired) electrons. The van der Waals surface area contributed by atoms with Crippen LogP contribution in [0.4, 0.5) is 0 Å². The van der Waals surface area contributed by atoms with Crippen LogP contribution in [-0.2, 0) is 14.4 Å². The van der Waals surface area contributed by atoms with Gasteiger partial charge in [0.25, 0.3) is 0 Å². The number of hydrogen-bond acceptors (Lipinski definition) is 6. The molecule has 138 valence electrons. The zero-order valence-corrected chi connectivity index (χ0v) is 14.1. The van der Waals surface area contributed by atoms with E-state index in [1.54, 1.807) is 0 Å². The summed E-state index contributed by atoms with van der Waals surface area (Å²) < 4.78 is 0. The van der Waals surface area contributed by atoms with E-state index in [1.807, 2.05) is 12.4 Å². The third kappa shape index (κ3) is 5.85. The first-order valence-electron chi connectivity index (χ1n) is 8.54. The molecule has 1 saturated carbocycles. The molecule has 0 aromatic carbocycles. The van der Waals surface area contributed by atoms with Crippen molar-refractivity contribution in [3.05, 3.63) is 0 Å². The highest BCUT2D eigenvalue weighted by Crippen LogP contribution is 2.30. The van der Waals surface area contributed by atoms with E-state index < -0.39 is 17.9 Å². The molecular formula is C16H28N2O6. The fraction of sp³-hybridized carbons (Fsp3) is 0.812. The number of hydroxylamine groups is 3. The molecule has 1 rings (SSSR count). The quantitative estimate of drug-likeness (QED) is 0.269. The van der Waals surface area contributed by atoms with Crippen molar-refractivity contribution in [3.8, 4) is 0 Å². The first-order valence-corrected chi connectivity index (χ1v) is 8.54. The van der Waals surface area contributed by atoms with Gasteiger partial charge in [0.15, 0.2) is 0 Å². The second-order valence-electron chi connectivity index (χ2n) is 6.43. The van der Waals surface area contributed by atoms with Crippen molar-refractivity contribution >= 4 is 18.2 Å². The van der Waals surface area contributed by atoms with Gasteiger partial charge in [-0.2, -0.15) is 5.48 Å². The van der Waals surface area contributed by atoms with Crippen LogP contribution in [0.3, 0.4) is 0 Å². The Hall–Kier alpha value is -1.51. The van der Waals surface area contributed by atoms with Gasteiger partial charge in [0.1, 0.15) is 6.29 Å². The van der Waals surface area contributed by atoms with E-state index in [2.05, 4.69) is 0 Å². The van der Waals surface area contributed by atoms with E-state index in [0.29, 0.717) is 57.7 Å². The smallest absolute Gasteiger partial charge is 0.306 e. The number of hydrogen-bond donors (Lipinski definition) is 4. The van der Waals surface area contributed by atoms with Crippen LogP contribution in [0.5, 0.6) is 0 Å². The minimum atomic E-state index is -0.824. The number of carbonyl (C=O) groups excluding carboxylic acids is 2. The molecule has 8 nitrogen and oxygen atoms in total. The first kappa shape index (κ1) is 20.5. The summed E-state index contributed by atoms with van der Waals surface area (Å²) in [6, 6.07) is -0.989. The normalized spacial score (nSPS) is 23.3. The number of nitrogens with one attached hydrogen (secondary N) is 1. The molecular weight excluding hydrogens is 316 g/mol.